The van der Waals surface area contributed by atoms with E-state index < -0.39 is 41.8 Å². The second-order valence-corrected chi connectivity index (χ2v) is 8.00. The van der Waals surface area contributed by atoms with E-state index in [1.54, 1.807) is 0 Å². The van der Waals surface area contributed by atoms with Crippen LogP contribution in [0.15, 0.2) is 0 Å². The van der Waals surface area contributed by atoms with Crippen LogP contribution in [0.3, 0.4) is 0 Å². The average Bonchev–Trinajstić information content (AvgIpc) is 2.54. The fraction of sp³-hybridized carbons (Fsp3) is 0.625. The van der Waals surface area contributed by atoms with Crippen LogP contribution in [0.1, 0.15) is 52.4 Å². The SMILES string of the molecule is CCCCCCCCP(=O)(OCC)c1c(F)c(F)c(F)c(F)c1F. The van der Waals surface area contributed by atoms with Gasteiger partial charge in [0.05, 0.1) is 6.61 Å². The Labute approximate surface area is 138 Å². The van der Waals surface area contributed by atoms with E-state index >= 15 is 0 Å². The first-order valence-electron chi connectivity index (χ1n) is 8.05. The molecule has 0 aliphatic heterocycles. The van der Waals surface area contributed by atoms with Gasteiger partial charge in [-0.2, -0.15) is 0 Å². The van der Waals surface area contributed by atoms with Crippen molar-refractivity contribution >= 4 is 12.7 Å². The predicted molar refractivity (Wildman–Crippen MR) is 83.3 cm³/mol. The normalized spacial score (nSPS) is 14.0. The summed E-state index contributed by atoms with van der Waals surface area (Å²) >= 11 is 0. The number of unbranched alkanes of at least 4 members (excludes halogenated alkanes) is 5. The highest BCUT2D eigenvalue weighted by atomic mass is 31.2. The van der Waals surface area contributed by atoms with Gasteiger partial charge in [0.25, 0.3) is 0 Å². The fourth-order valence-corrected chi connectivity index (χ4v) is 4.78. The van der Waals surface area contributed by atoms with Crippen LogP contribution in [-0.4, -0.2) is 12.8 Å². The number of halogens is 5. The van der Waals surface area contributed by atoms with Crippen LogP contribution in [0.5, 0.6) is 0 Å². The lowest BCUT2D eigenvalue weighted by Gasteiger charge is -2.20. The lowest BCUT2D eigenvalue weighted by Crippen LogP contribution is -2.23. The highest BCUT2D eigenvalue weighted by molar-refractivity contribution is 7.67. The highest BCUT2D eigenvalue weighted by Crippen LogP contribution is 2.48. The zero-order chi connectivity index (χ0) is 18.3. The first kappa shape index (κ1) is 21.1. The van der Waals surface area contributed by atoms with Gasteiger partial charge in [-0.3, -0.25) is 4.57 Å². The minimum atomic E-state index is -4.17. The van der Waals surface area contributed by atoms with E-state index in [2.05, 4.69) is 0 Å². The van der Waals surface area contributed by atoms with E-state index in [9.17, 15) is 26.5 Å². The van der Waals surface area contributed by atoms with E-state index in [-0.39, 0.29) is 12.8 Å². The topological polar surface area (TPSA) is 26.3 Å². The zero-order valence-electron chi connectivity index (χ0n) is 13.8. The largest absolute Gasteiger partial charge is 0.325 e. The smallest absolute Gasteiger partial charge is 0.238 e. The Morgan fingerprint density at radius 3 is 1.71 bits per heavy atom. The molecule has 1 aromatic rings. The third kappa shape index (κ3) is 4.79. The molecule has 0 spiro atoms. The summed E-state index contributed by atoms with van der Waals surface area (Å²) in [5, 5.41) is -1.32. The molecule has 0 aliphatic rings. The number of hydrogen-bond donors (Lipinski definition) is 0. The van der Waals surface area contributed by atoms with Crippen LogP contribution in [0, 0.1) is 29.1 Å². The van der Waals surface area contributed by atoms with Crippen molar-refractivity contribution < 1.29 is 31.0 Å². The molecule has 0 saturated carbocycles. The van der Waals surface area contributed by atoms with Crippen molar-refractivity contribution in [3.63, 3.8) is 0 Å². The van der Waals surface area contributed by atoms with Gasteiger partial charge in [0.2, 0.25) is 13.2 Å². The Bertz CT molecular complexity index is 578. The maximum absolute atomic E-state index is 13.9. The van der Waals surface area contributed by atoms with Crippen molar-refractivity contribution in [3.05, 3.63) is 29.1 Å². The quantitative estimate of drug-likeness (QED) is 0.174. The molecule has 1 unspecified atom stereocenters. The van der Waals surface area contributed by atoms with Gasteiger partial charge in [0, 0.05) is 6.16 Å². The van der Waals surface area contributed by atoms with Gasteiger partial charge in [-0.25, -0.2) is 22.0 Å². The molecule has 0 amide bonds. The Kier molecular flexibility index (Phi) is 8.37. The van der Waals surface area contributed by atoms with Gasteiger partial charge in [-0.15, -0.1) is 0 Å². The van der Waals surface area contributed by atoms with Gasteiger partial charge in [-0.05, 0) is 13.3 Å². The van der Waals surface area contributed by atoms with Gasteiger partial charge < -0.3 is 4.52 Å². The van der Waals surface area contributed by atoms with Gasteiger partial charge in [-0.1, -0.05) is 39.0 Å². The molecular formula is C16H22F5O2P. The molecule has 1 atom stereocenters. The Morgan fingerprint density at radius 2 is 1.21 bits per heavy atom. The van der Waals surface area contributed by atoms with Crippen LogP contribution in [-0.2, 0) is 9.09 Å². The Balaban J connectivity index is 3.05. The van der Waals surface area contributed by atoms with Gasteiger partial charge in [0.1, 0.15) is 5.30 Å². The summed E-state index contributed by atoms with van der Waals surface area (Å²) in [5.74, 6) is -10.6. The third-order valence-corrected chi connectivity index (χ3v) is 6.33. The second-order valence-electron chi connectivity index (χ2n) is 5.50. The van der Waals surface area contributed by atoms with E-state index in [4.69, 9.17) is 4.52 Å². The third-order valence-electron chi connectivity index (χ3n) is 3.67. The van der Waals surface area contributed by atoms with E-state index in [1.165, 1.54) is 6.92 Å². The lowest BCUT2D eigenvalue weighted by molar-refractivity contribution is 0.334. The van der Waals surface area contributed by atoms with Gasteiger partial charge >= 0.3 is 0 Å². The maximum Gasteiger partial charge on any atom is 0.238 e. The fourth-order valence-electron chi connectivity index (χ4n) is 2.44. The van der Waals surface area contributed by atoms with Crippen LogP contribution in [0.25, 0.3) is 0 Å². The van der Waals surface area contributed by atoms with Crippen molar-refractivity contribution in [2.24, 2.45) is 0 Å². The van der Waals surface area contributed by atoms with Crippen molar-refractivity contribution in [1.82, 2.24) is 0 Å². The summed E-state index contributed by atoms with van der Waals surface area (Å²) in [7, 11) is -4.17. The molecule has 0 aliphatic carbocycles. The number of rotatable bonds is 10. The van der Waals surface area contributed by atoms with Crippen LogP contribution < -0.4 is 5.30 Å². The molecule has 8 heteroatoms. The monoisotopic (exact) mass is 372 g/mol. The van der Waals surface area contributed by atoms with E-state index in [0.29, 0.717) is 12.8 Å². The average molecular weight is 372 g/mol. The van der Waals surface area contributed by atoms with Crippen LogP contribution >= 0.6 is 7.37 Å². The molecule has 24 heavy (non-hydrogen) atoms. The molecular weight excluding hydrogens is 350 g/mol. The molecule has 1 rings (SSSR count). The minimum Gasteiger partial charge on any atom is -0.325 e. The molecule has 1 aromatic carbocycles. The predicted octanol–water partition coefficient (Wildman–Crippen LogP) is 5.68. The molecule has 0 saturated heterocycles. The summed E-state index contributed by atoms with van der Waals surface area (Å²) in [6.07, 6.45) is 4.61. The van der Waals surface area contributed by atoms with Gasteiger partial charge in [0.15, 0.2) is 23.3 Å². The number of hydrogen-bond acceptors (Lipinski definition) is 2. The molecule has 0 N–H and O–H groups in total. The lowest BCUT2D eigenvalue weighted by atomic mass is 10.1. The standard InChI is InChI=1S/C16H22F5O2P/c1-3-5-6-7-8-9-10-24(22,23-4-2)16-14(20)12(18)11(17)13(19)15(16)21/h3-10H2,1-2H3. The molecule has 0 radical (unpaired) electrons. The second kappa shape index (κ2) is 9.52. The molecule has 0 fully saturated rings. The highest BCUT2D eigenvalue weighted by Gasteiger charge is 2.38. The van der Waals surface area contributed by atoms with Crippen LogP contribution in [0.2, 0.25) is 0 Å². The summed E-state index contributed by atoms with van der Waals surface area (Å²) in [5.41, 5.74) is 0. The van der Waals surface area contributed by atoms with Crippen molar-refractivity contribution in [2.45, 2.75) is 52.4 Å². The van der Waals surface area contributed by atoms with Crippen molar-refractivity contribution in [3.8, 4) is 0 Å². The molecule has 138 valence electrons. The summed E-state index contributed by atoms with van der Waals surface area (Å²) in [6.45, 7) is 3.33. The minimum absolute atomic E-state index is 0.160. The molecule has 0 bridgehead atoms. The maximum atomic E-state index is 13.9. The Morgan fingerprint density at radius 1 is 0.750 bits per heavy atom. The zero-order valence-corrected chi connectivity index (χ0v) is 14.7. The summed E-state index contributed by atoms with van der Waals surface area (Å²) in [4.78, 5) is 0. The number of benzene rings is 1. The van der Waals surface area contributed by atoms with E-state index in [1.807, 2.05) is 6.92 Å². The van der Waals surface area contributed by atoms with E-state index in [0.717, 1.165) is 25.7 Å². The first-order chi connectivity index (χ1) is 11.3. The van der Waals surface area contributed by atoms with Crippen molar-refractivity contribution in [1.29, 1.82) is 0 Å². The summed E-state index contributed by atoms with van der Waals surface area (Å²) in [6, 6.07) is 0. The first-order valence-corrected chi connectivity index (χ1v) is 9.86. The Hall–Kier alpha value is -0.940. The molecule has 0 aromatic heterocycles. The molecule has 0 heterocycles. The van der Waals surface area contributed by atoms with Crippen molar-refractivity contribution in [2.75, 3.05) is 12.8 Å². The molecule has 2 nitrogen and oxygen atoms in total. The van der Waals surface area contributed by atoms with Crippen LogP contribution in [0.4, 0.5) is 22.0 Å². The summed E-state index contributed by atoms with van der Waals surface area (Å²) < 4.78 is 85.5.